The van der Waals surface area contributed by atoms with Crippen molar-refractivity contribution in [3.8, 4) is 0 Å². The van der Waals surface area contributed by atoms with Crippen molar-refractivity contribution < 1.29 is 18.4 Å². The molecule has 160 valence electrons. The summed E-state index contributed by atoms with van der Waals surface area (Å²) < 4.78 is 26.9. The summed E-state index contributed by atoms with van der Waals surface area (Å²) in [5.74, 6) is -1.74. The van der Waals surface area contributed by atoms with E-state index in [0.717, 1.165) is 17.7 Å². The molecular formula is C23H20ClF2N3O2. The van der Waals surface area contributed by atoms with Crippen molar-refractivity contribution in [2.45, 2.75) is 13.8 Å². The molecule has 2 amide bonds. The van der Waals surface area contributed by atoms with Crippen molar-refractivity contribution in [1.82, 2.24) is 5.32 Å². The van der Waals surface area contributed by atoms with Gasteiger partial charge in [0, 0.05) is 35.1 Å². The zero-order valence-corrected chi connectivity index (χ0v) is 17.6. The number of anilines is 3. The first-order valence-corrected chi connectivity index (χ1v) is 9.88. The van der Waals surface area contributed by atoms with Gasteiger partial charge in [0.1, 0.15) is 11.6 Å². The number of carbonyl (C=O) groups is 2. The standard InChI is InChI=1S/C23H20ClF2N3O2/c1-3-27-23(31)29-15-6-4-13(2)18(11-15)22(30)17-8-7-16(12-19(17)24)28-21-9-5-14(25)10-20(21)26/h4-12,28H,3H2,1-2H3,(H2,27,29,31). The van der Waals surface area contributed by atoms with Crippen molar-refractivity contribution >= 4 is 40.5 Å². The maximum absolute atomic E-state index is 13.9. The third-order valence-corrected chi connectivity index (χ3v) is 4.81. The Kier molecular flexibility index (Phi) is 6.87. The van der Waals surface area contributed by atoms with Crippen LogP contribution < -0.4 is 16.0 Å². The summed E-state index contributed by atoms with van der Waals surface area (Å²) >= 11 is 6.33. The molecule has 0 heterocycles. The van der Waals surface area contributed by atoms with Gasteiger partial charge in [0.15, 0.2) is 5.78 Å². The van der Waals surface area contributed by atoms with Crippen molar-refractivity contribution in [3.05, 3.63) is 87.9 Å². The third kappa shape index (κ3) is 5.38. The number of benzene rings is 3. The van der Waals surface area contributed by atoms with Crippen molar-refractivity contribution in [3.63, 3.8) is 0 Å². The quantitative estimate of drug-likeness (QED) is 0.406. The first kappa shape index (κ1) is 22.2. The summed E-state index contributed by atoms with van der Waals surface area (Å²) in [4.78, 5) is 24.8. The monoisotopic (exact) mass is 443 g/mol. The summed E-state index contributed by atoms with van der Waals surface area (Å²) in [5, 5.41) is 8.26. The van der Waals surface area contributed by atoms with E-state index in [1.807, 2.05) is 0 Å². The molecule has 0 spiro atoms. The lowest BCUT2D eigenvalue weighted by Crippen LogP contribution is -2.28. The number of halogens is 3. The number of nitrogens with one attached hydrogen (secondary N) is 3. The van der Waals surface area contributed by atoms with E-state index in [-0.39, 0.29) is 28.1 Å². The average Bonchev–Trinajstić information content (AvgIpc) is 2.71. The number of aryl methyl sites for hydroxylation is 1. The van der Waals surface area contributed by atoms with Crippen LogP contribution in [0, 0.1) is 18.6 Å². The van der Waals surface area contributed by atoms with Crippen LogP contribution >= 0.6 is 11.6 Å². The summed E-state index contributed by atoms with van der Waals surface area (Å²) in [6.45, 7) is 4.06. The van der Waals surface area contributed by atoms with E-state index in [0.29, 0.717) is 23.5 Å². The molecule has 0 unspecified atom stereocenters. The lowest BCUT2D eigenvalue weighted by molar-refractivity contribution is 0.103. The normalized spacial score (nSPS) is 10.5. The molecule has 0 saturated carbocycles. The van der Waals surface area contributed by atoms with Gasteiger partial charge in [0.05, 0.1) is 10.7 Å². The van der Waals surface area contributed by atoms with Crippen LogP contribution in [0.5, 0.6) is 0 Å². The van der Waals surface area contributed by atoms with Crippen LogP contribution in [0.2, 0.25) is 5.02 Å². The summed E-state index contributed by atoms with van der Waals surface area (Å²) in [5.41, 5.74) is 2.36. The Hall–Kier alpha value is -3.45. The molecule has 0 aromatic heterocycles. The van der Waals surface area contributed by atoms with Crippen LogP contribution in [0.1, 0.15) is 28.4 Å². The van der Waals surface area contributed by atoms with Crippen molar-refractivity contribution in [1.29, 1.82) is 0 Å². The van der Waals surface area contributed by atoms with Gasteiger partial charge in [-0.15, -0.1) is 0 Å². The van der Waals surface area contributed by atoms with E-state index in [9.17, 15) is 18.4 Å². The molecular weight excluding hydrogens is 424 g/mol. The molecule has 0 aliphatic carbocycles. The number of carbonyl (C=O) groups excluding carboxylic acids is 2. The molecule has 0 aliphatic rings. The highest BCUT2D eigenvalue weighted by Gasteiger charge is 2.17. The summed E-state index contributed by atoms with van der Waals surface area (Å²) in [6, 6.07) is 12.4. The van der Waals surface area contributed by atoms with Gasteiger partial charge in [0.25, 0.3) is 0 Å². The van der Waals surface area contributed by atoms with Gasteiger partial charge in [-0.3, -0.25) is 4.79 Å². The highest BCUT2D eigenvalue weighted by atomic mass is 35.5. The molecule has 31 heavy (non-hydrogen) atoms. The molecule has 3 aromatic rings. The Morgan fingerprint density at radius 3 is 2.35 bits per heavy atom. The highest BCUT2D eigenvalue weighted by Crippen LogP contribution is 2.28. The minimum atomic E-state index is -0.747. The number of ketones is 1. The topological polar surface area (TPSA) is 70.2 Å². The summed E-state index contributed by atoms with van der Waals surface area (Å²) in [6.07, 6.45) is 0. The van der Waals surface area contributed by atoms with E-state index in [4.69, 9.17) is 11.6 Å². The van der Waals surface area contributed by atoms with Gasteiger partial charge < -0.3 is 16.0 Å². The number of hydrogen-bond acceptors (Lipinski definition) is 3. The van der Waals surface area contributed by atoms with Crippen LogP contribution in [-0.2, 0) is 0 Å². The highest BCUT2D eigenvalue weighted by molar-refractivity contribution is 6.35. The molecule has 8 heteroatoms. The maximum Gasteiger partial charge on any atom is 0.319 e. The van der Waals surface area contributed by atoms with Gasteiger partial charge in [0.2, 0.25) is 0 Å². The molecule has 0 fully saturated rings. The van der Waals surface area contributed by atoms with E-state index < -0.39 is 11.6 Å². The molecule has 0 radical (unpaired) electrons. The average molecular weight is 444 g/mol. The Labute approximate surface area is 183 Å². The Morgan fingerprint density at radius 2 is 1.68 bits per heavy atom. The van der Waals surface area contributed by atoms with Crippen LogP contribution in [0.25, 0.3) is 0 Å². The second-order valence-electron chi connectivity index (χ2n) is 6.79. The SMILES string of the molecule is CCNC(=O)Nc1ccc(C)c(C(=O)c2ccc(Nc3ccc(F)cc3F)cc2Cl)c1. The molecule has 5 nitrogen and oxygen atoms in total. The molecule has 0 aliphatic heterocycles. The minimum absolute atomic E-state index is 0.0801. The lowest BCUT2D eigenvalue weighted by atomic mass is 9.98. The number of urea groups is 1. The van der Waals surface area contributed by atoms with Gasteiger partial charge in [-0.2, -0.15) is 0 Å². The van der Waals surface area contributed by atoms with E-state index in [1.54, 1.807) is 38.1 Å². The fourth-order valence-corrected chi connectivity index (χ4v) is 3.22. The predicted molar refractivity (Wildman–Crippen MR) is 118 cm³/mol. The largest absolute Gasteiger partial charge is 0.353 e. The number of amides is 2. The van der Waals surface area contributed by atoms with Crippen molar-refractivity contribution in [2.75, 3.05) is 17.2 Å². The van der Waals surface area contributed by atoms with E-state index >= 15 is 0 Å². The van der Waals surface area contributed by atoms with Crippen molar-refractivity contribution in [2.24, 2.45) is 0 Å². The zero-order valence-electron chi connectivity index (χ0n) is 16.9. The second-order valence-corrected chi connectivity index (χ2v) is 7.19. The summed E-state index contributed by atoms with van der Waals surface area (Å²) in [7, 11) is 0. The van der Waals surface area contributed by atoms with Crippen LogP contribution in [0.3, 0.4) is 0 Å². The lowest BCUT2D eigenvalue weighted by Gasteiger charge is -2.12. The van der Waals surface area contributed by atoms with Crippen LogP contribution in [0.4, 0.5) is 30.6 Å². The Morgan fingerprint density at radius 1 is 0.935 bits per heavy atom. The van der Waals surface area contributed by atoms with E-state index in [1.165, 1.54) is 18.2 Å². The Bertz CT molecular complexity index is 1150. The number of hydrogen-bond donors (Lipinski definition) is 3. The molecule has 0 bridgehead atoms. The van der Waals surface area contributed by atoms with Gasteiger partial charge in [-0.25, -0.2) is 13.6 Å². The van der Waals surface area contributed by atoms with Gasteiger partial charge in [-0.1, -0.05) is 17.7 Å². The first-order chi connectivity index (χ1) is 14.8. The minimum Gasteiger partial charge on any atom is -0.353 e. The van der Waals surface area contributed by atoms with Crippen LogP contribution in [0.15, 0.2) is 54.6 Å². The first-order valence-electron chi connectivity index (χ1n) is 9.50. The smallest absolute Gasteiger partial charge is 0.319 e. The molecule has 0 saturated heterocycles. The van der Waals surface area contributed by atoms with E-state index in [2.05, 4.69) is 16.0 Å². The molecule has 3 rings (SSSR count). The molecule has 3 N–H and O–H groups in total. The van der Waals surface area contributed by atoms with Gasteiger partial charge in [-0.05, 0) is 61.9 Å². The maximum atomic E-state index is 13.9. The second kappa shape index (κ2) is 9.57. The predicted octanol–water partition coefficient (Wildman–Crippen LogP) is 6.04. The fraction of sp³-hybridized carbons (Fsp3) is 0.130. The zero-order chi connectivity index (χ0) is 22.5. The van der Waals surface area contributed by atoms with Gasteiger partial charge >= 0.3 is 6.03 Å². The number of rotatable bonds is 6. The Balaban J connectivity index is 1.84. The van der Waals surface area contributed by atoms with Crippen LogP contribution in [-0.4, -0.2) is 18.4 Å². The fourth-order valence-electron chi connectivity index (χ4n) is 2.95. The third-order valence-electron chi connectivity index (χ3n) is 4.50. The molecule has 0 atom stereocenters. The molecule has 3 aromatic carbocycles.